The molecule has 0 radical (unpaired) electrons. The summed E-state index contributed by atoms with van der Waals surface area (Å²) >= 11 is 0. The van der Waals surface area contributed by atoms with Crippen molar-refractivity contribution >= 4 is 28.5 Å². The van der Waals surface area contributed by atoms with Crippen LogP contribution in [-0.2, 0) is 11.3 Å². The number of aromatic nitrogens is 4. The molecule has 0 bridgehead atoms. The molecule has 0 spiro atoms. The minimum Gasteiger partial charge on any atom is -0.339 e. The van der Waals surface area contributed by atoms with Gasteiger partial charge in [0, 0.05) is 43.0 Å². The highest BCUT2D eigenvalue weighted by Gasteiger charge is 2.25. The molecule has 8 heteroatoms. The van der Waals surface area contributed by atoms with E-state index in [-0.39, 0.29) is 17.7 Å². The Morgan fingerprint density at radius 2 is 1.78 bits per heavy atom. The summed E-state index contributed by atoms with van der Waals surface area (Å²) in [6.45, 7) is 8.25. The van der Waals surface area contributed by atoms with E-state index in [0.29, 0.717) is 25.1 Å². The highest BCUT2D eigenvalue weighted by atomic mass is 16.2. The molecule has 0 aliphatic carbocycles. The molecule has 4 aromatic rings. The zero-order chi connectivity index (χ0) is 25.2. The number of likely N-dealkylation sites (tertiary alicyclic amines) is 1. The van der Waals surface area contributed by atoms with Crippen LogP contribution in [0.25, 0.3) is 16.7 Å². The monoisotopic (exact) mass is 484 g/mol. The lowest BCUT2D eigenvalue weighted by atomic mass is 9.92. The fourth-order valence-electron chi connectivity index (χ4n) is 5.03. The molecule has 8 nitrogen and oxygen atoms in total. The summed E-state index contributed by atoms with van der Waals surface area (Å²) in [6, 6.07) is 15.5. The maximum atomic E-state index is 13.0. The number of hydrogen-bond acceptors (Lipinski definition) is 4. The van der Waals surface area contributed by atoms with E-state index in [2.05, 4.69) is 26.9 Å². The molecule has 1 N–H and O–H groups in total. The number of benzene rings is 2. The van der Waals surface area contributed by atoms with Gasteiger partial charge in [-0.2, -0.15) is 5.10 Å². The average molecular weight is 485 g/mol. The number of amides is 2. The van der Waals surface area contributed by atoms with Gasteiger partial charge in [0.1, 0.15) is 0 Å². The Kier molecular flexibility index (Phi) is 6.59. The molecule has 186 valence electrons. The number of aryl methyl sites for hydroxylation is 3. The molecular weight excluding hydrogens is 452 g/mol. The van der Waals surface area contributed by atoms with E-state index in [1.165, 1.54) is 0 Å². The Morgan fingerprint density at radius 1 is 1.03 bits per heavy atom. The summed E-state index contributed by atoms with van der Waals surface area (Å²) in [5.41, 5.74) is 6.36. The highest BCUT2D eigenvalue weighted by molar-refractivity contribution is 5.95. The minimum absolute atomic E-state index is 0.00814. The maximum Gasteiger partial charge on any atom is 0.253 e. The minimum atomic E-state index is 0.00814. The van der Waals surface area contributed by atoms with E-state index in [1.54, 1.807) is 0 Å². The molecule has 1 aliphatic rings. The van der Waals surface area contributed by atoms with Gasteiger partial charge in [-0.1, -0.05) is 0 Å². The molecule has 3 heterocycles. The first-order valence-electron chi connectivity index (χ1n) is 12.6. The van der Waals surface area contributed by atoms with Crippen molar-refractivity contribution in [1.82, 2.24) is 24.2 Å². The molecule has 0 saturated carbocycles. The predicted octanol–water partition coefficient (Wildman–Crippen LogP) is 4.74. The largest absolute Gasteiger partial charge is 0.339 e. The van der Waals surface area contributed by atoms with Gasteiger partial charge in [-0.05, 0) is 88.1 Å². The second-order valence-electron chi connectivity index (χ2n) is 9.61. The van der Waals surface area contributed by atoms with E-state index in [9.17, 15) is 9.59 Å². The van der Waals surface area contributed by atoms with Gasteiger partial charge in [0.05, 0.1) is 28.7 Å². The van der Waals surface area contributed by atoms with Crippen LogP contribution in [0.4, 0.5) is 5.69 Å². The normalized spacial score (nSPS) is 14.4. The quantitative estimate of drug-likeness (QED) is 0.428. The Labute approximate surface area is 210 Å². The highest BCUT2D eigenvalue weighted by Crippen LogP contribution is 2.24. The first-order chi connectivity index (χ1) is 17.4. The van der Waals surface area contributed by atoms with Gasteiger partial charge in [0.2, 0.25) is 5.91 Å². The number of hydrogen-bond donors (Lipinski definition) is 1. The first-order valence-corrected chi connectivity index (χ1v) is 12.6. The van der Waals surface area contributed by atoms with Crippen molar-refractivity contribution in [3.8, 4) is 5.69 Å². The van der Waals surface area contributed by atoms with E-state index >= 15 is 0 Å². The van der Waals surface area contributed by atoms with Gasteiger partial charge in [-0.3, -0.25) is 9.59 Å². The Morgan fingerprint density at radius 3 is 2.44 bits per heavy atom. The molecular formula is C28H32N6O2. The standard InChI is InChI=1S/C28H32N6O2/c1-4-32-18-29-25-17-23(7-10-26(25)32)30-27(35)16-21-11-13-33(14-12-21)28(36)22-5-8-24(9-6-22)34-20(3)15-19(2)31-34/h5-10,15,17-18,21H,4,11-14,16H2,1-3H3,(H,30,35). The summed E-state index contributed by atoms with van der Waals surface area (Å²) in [7, 11) is 0. The number of anilines is 1. The van der Waals surface area contributed by atoms with Crippen molar-refractivity contribution in [2.24, 2.45) is 5.92 Å². The van der Waals surface area contributed by atoms with Gasteiger partial charge >= 0.3 is 0 Å². The maximum absolute atomic E-state index is 13.0. The molecule has 36 heavy (non-hydrogen) atoms. The molecule has 2 aromatic heterocycles. The summed E-state index contributed by atoms with van der Waals surface area (Å²) in [5.74, 6) is 0.317. The Bertz CT molecular complexity index is 1390. The zero-order valence-electron chi connectivity index (χ0n) is 21.1. The van der Waals surface area contributed by atoms with Gasteiger partial charge < -0.3 is 14.8 Å². The van der Waals surface area contributed by atoms with Gasteiger partial charge in [0.15, 0.2) is 0 Å². The summed E-state index contributed by atoms with van der Waals surface area (Å²) in [5, 5.41) is 7.52. The average Bonchev–Trinajstić information content (AvgIpc) is 3.45. The molecule has 0 unspecified atom stereocenters. The fourth-order valence-corrected chi connectivity index (χ4v) is 5.03. The molecule has 2 aromatic carbocycles. The number of piperidine rings is 1. The van der Waals surface area contributed by atoms with Crippen molar-refractivity contribution < 1.29 is 9.59 Å². The van der Waals surface area contributed by atoms with E-state index < -0.39 is 0 Å². The first kappa shape index (κ1) is 23.8. The van der Waals surface area contributed by atoms with Crippen molar-refractivity contribution in [2.45, 2.75) is 46.6 Å². The lowest BCUT2D eigenvalue weighted by Crippen LogP contribution is -2.39. The molecule has 5 rings (SSSR count). The zero-order valence-corrected chi connectivity index (χ0v) is 21.1. The van der Waals surface area contributed by atoms with Crippen LogP contribution in [0.1, 0.15) is 47.9 Å². The lowest BCUT2D eigenvalue weighted by Gasteiger charge is -2.32. The van der Waals surface area contributed by atoms with Gasteiger partial charge in [0.25, 0.3) is 5.91 Å². The number of imidazole rings is 1. The van der Waals surface area contributed by atoms with Crippen molar-refractivity contribution in [2.75, 3.05) is 18.4 Å². The Balaban J connectivity index is 1.13. The molecule has 1 aliphatic heterocycles. The van der Waals surface area contributed by atoms with Crippen LogP contribution in [-0.4, -0.2) is 49.1 Å². The topological polar surface area (TPSA) is 85.0 Å². The predicted molar refractivity (Wildman–Crippen MR) is 140 cm³/mol. The van der Waals surface area contributed by atoms with E-state index in [4.69, 9.17) is 0 Å². The summed E-state index contributed by atoms with van der Waals surface area (Å²) in [4.78, 5) is 32.0. The summed E-state index contributed by atoms with van der Waals surface area (Å²) in [6.07, 6.45) is 3.92. The van der Waals surface area contributed by atoms with E-state index in [0.717, 1.165) is 53.2 Å². The van der Waals surface area contributed by atoms with Crippen LogP contribution in [0.2, 0.25) is 0 Å². The summed E-state index contributed by atoms with van der Waals surface area (Å²) < 4.78 is 3.96. The van der Waals surface area contributed by atoms with Crippen LogP contribution in [0, 0.1) is 19.8 Å². The number of carbonyl (C=O) groups is 2. The second-order valence-corrected chi connectivity index (χ2v) is 9.61. The third-order valence-corrected chi connectivity index (χ3v) is 6.99. The number of nitrogens with zero attached hydrogens (tertiary/aromatic N) is 5. The fraction of sp³-hybridized carbons (Fsp3) is 0.357. The van der Waals surface area contributed by atoms with Crippen molar-refractivity contribution in [3.63, 3.8) is 0 Å². The number of nitrogens with one attached hydrogen (secondary N) is 1. The molecule has 2 amide bonds. The van der Waals surface area contributed by atoms with Crippen LogP contribution in [0.5, 0.6) is 0 Å². The molecule has 1 saturated heterocycles. The smallest absolute Gasteiger partial charge is 0.253 e. The van der Waals surface area contributed by atoms with Crippen LogP contribution in [0.3, 0.4) is 0 Å². The van der Waals surface area contributed by atoms with Crippen molar-refractivity contribution in [3.05, 3.63) is 71.8 Å². The number of fused-ring (bicyclic) bond motifs is 1. The second kappa shape index (κ2) is 9.97. The lowest BCUT2D eigenvalue weighted by molar-refractivity contribution is -0.117. The van der Waals surface area contributed by atoms with Crippen LogP contribution < -0.4 is 5.32 Å². The SMILES string of the molecule is CCn1cnc2cc(NC(=O)CC3CCN(C(=O)c4ccc(-n5nc(C)cc5C)cc4)CC3)ccc21. The molecule has 1 fully saturated rings. The molecule has 0 atom stereocenters. The van der Waals surface area contributed by atoms with E-state index in [1.807, 2.05) is 78.3 Å². The van der Waals surface area contributed by atoms with Crippen LogP contribution >= 0.6 is 0 Å². The van der Waals surface area contributed by atoms with Crippen molar-refractivity contribution in [1.29, 1.82) is 0 Å². The number of carbonyl (C=O) groups excluding carboxylic acids is 2. The third kappa shape index (κ3) is 4.89. The van der Waals surface area contributed by atoms with Crippen LogP contribution in [0.15, 0.2) is 54.9 Å². The van der Waals surface area contributed by atoms with Gasteiger partial charge in [-0.25, -0.2) is 9.67 Å². The third-order valence-electron chi connectivity index (χ3n) is 6.99. The number of rotatable bonds is 6. The Hall–Kier alpha value is -3.94. The van der Waals surface area contributed by atoms with Gasteiger partial charge in [-0.15, -0.1) is 0 Å².